The summed E-state index contributed by atoms with van der Waals surface area (Å²) >= 11 is 0. The Morgan fingerprint density at radius 1 is 1.07 bits per heavy atom. The number of rotatable bonds is 6. The van der Waals surface area contributed by atoms with Gasteiger partial charge in [0.25, 0.3) is 10.0 Å². The zero-order chi connectivity index (χ0) is 20.1. The third kappa shape index (κ3) is 4.44. The number of hydrogen-bond acceptors (Lipinski definition) is 7. The summed E-state index contributed by atoms with van der Waals surface area (Å²) in [4.78, 5) is 19.6. The minimum atomic E-state index is -3.90. The van der Waals surface area contributed by atoms with Crippen molar-refractivity contribution in [2.45, 2.75) is 11.8 Å². The van der Waals surface area contributed by atoms with Crippen molar-refractivity contribution in [2.75, 3.05) is 11.8 Å². The first kappa shape index (κ1) is 19.3. The van der Waals surface area contributed by atoms with E-state index in [4.69, 9.17) is 4.74 Å². The lowest BCUT2D eigenvalue weighted by atomic mass is 10.1. The lowest BCUT2D eigenvalue weighted by molar-refractivity contribution is 0.0600. The summed E-state index contributed by atoms with van der Waals surface area (Å²) in [6.07, 6.45) is 4.50. The maximum Gasteiger partial charge on any atom is 0.337 e. The minimum Gasteiger partial charge on any atom is -0.465 e. The number of nitrogens with one attached hydrogen (secondary N) is 1. The van der Waals surface area contributed by atoms with Crippen molar-refractivity contribution < 1.29 is 22.7 Å². The maximum atomic E-state index is 12.7. The molecule has 144 valence electrons. The van der Waals surface area contributed by atoms with E-state index in [2.05, 4.69) is 19.4 Å². The summed E-state index contributed by atoms with van der Waals surface area (Å²) in [6.45, 7) is 1.65. The highest BCUT2D eigenvalue weighted by atomic mass is 32.2. The molecular formula is C19H17N3O5S. The molecule has 0 saturated carbocycles. The fourth-order valence-electron chi connectivity index (χ4n) is 2.39. The van der Waals surface area contributed by atoms with Crippen LogP contribution in [-0.2, 0) is 14.8 Å². The first-order valence-electron chi connectivity index (χ1n) is 8.15. The molecule has 28 heavy (non-hydrogen) atoms. The van der Waals surface area contributed by atoms with Gasteiger partial charge in [0.2, 0.25) is 5.88 Å². The largest absolute Gasteiger partial charge is 0.465 e. The van der Waals surface area contributed by atoms with Crippen LogP contribution in [0.15, 0.2) is 66.0 Å². The molecule has 0 radical (unpaired) electrons. The summed E-state index contributed by atoms with van der Waals surface area (Å²) in [5, 5.41) is 0. The van der Waals surface area contributed by atoms with Crippen LogP contribution in [0.5, 0.6) is 11.6 Å². The van der Waals surface area contributed by atoms with Crippen LogP contribution >= 0.6 is 0 Å². The van der Waals surface area contributed by atoms with E-state index in [0.29, 0.717) is 22.9 Å². The highest BCUT2D eigenvalue weighted by Crippen LogP contribution is 2.24. The molecule has 0 saturated heterocycles. The van der Waals surface area contributed by atoms with Gasteiger partial charge < -0.3 is 9.47 Å². The molecule has 2 aromatic carbocycles. The number of aromatic nitrogens is 2. The van der Waals surface area contributed by atoms with E-state index < -0.39 is 16.0 Å². The normalized spacial score (nSPS) is 10.9. The molecule has 3 aromatic rings. The van der Waals surface area contributed by atoms with Gasteiger partial charge in [-0.25, -0.2) is 18.2 Å². The Morgan fingerprint density at radius 2 is 1.82 bits per heavy atom. The number of anilines is 1. The molecule has 8 nitrogen and oxygen atoms in total. The highest BCUT2D eigenvalue weighted by molar-refractivity contribution is 7.92. The number of esters is 1. The van der Waals surface area contributed by atoms with Gasteiger partial charge in [-0.05, 0) is 48.9 Å². The number of hydrogen-bond donors (Lipinski definition) is 1. The number of nitrogens with zero attached hydrogens (tertiary/aromatic N) is 2. The van der Waals surface area contributed by atoms with Crippen molar-refractivity contribution in [1.82, 2.24) is 9.97 Å². The fourth-order valence-corrected chi connectivity index (χ4v) is 3.72. The van der Waals surface area contributed by atoms with Crippen LogP contribution in [0.2, 0.25) is 0 Å². The SMILES string of the molecule is COC(=O)c1ccc(C)c(S(=O)(=O)Nc2ccc(Oc3cnccn3)cc2)c1. The predicted octanol–water partition coefficient (Wildman–Crippen LogP) is 3.16. The number of methoxy groups -OCH3 is 1. The van der Waals surface area contributed by atoms with Crippen LogP contribution < -0.4 is 9.46 Å². The Hall–Kier alpha value is -3.46. The lowest BCUT2D eigenvalue weighted by Gasteiger charge is -2.12. The van der Waals surface area contributed by atoms with Gasteiger partial charge in [0.15, 0.2) is 0 Å². The van der Waals surface area contributed by atoms with Crippen molar-refractivity contribution in [3.8, 4) is 11.6 Å². The van der Waals surface area contributed by atoms with Crippen LogP contribution in [0.3, 0.4) is 0 Å². The van der Waals surface area contributed by atoms with Crippen LogP contribution in [0.25, 0.3) is 0 Å². The smallest absolute Gasteiger partial charge is 0.337 e. The molecule has 0 spiro atoms. The van der Waals surface area contributed by atoms with Crippen molar-refractivity contribution in [3.63, 3.8) is 0 Å². The summed E-state index contributed by atoms with van der Waals surface area (Å²) in [5.74, 6) is 0.195. The number of ether oxygens (including phenoxy) is 2. The van der Waals surface area contributed by atoms with E-state index in [1.165, 1.54) is 37.8 Å². The molecule has 0 amide bonds. The molecule has 0 aliphatic carbocycles. The molecule has 0 fully saturated rings. The number of benzene rings is 2. The van der Waals surface area contributed by atoms with Crippen molar-refractivity contribution in [3.05, 3.63) is 72.2 Å². The zero-order valence-corrected chi connectivity index (χ0v) is 15.9. The molecule has 1 N–H and O–H groups in total. The molecule has 0 bridgehead atoms. The summed E-state index contributed by atoms with van der Waals surface area (Å²) in [5.41, 5.74) is 0.998. The van der Waals surface area contributed by atoms with Crippen molar-refractivity contribution in [2.24, 2.45) is 0 Å². The van der Waals surface area contributed by atoms with Gasteiger partial charge in [-0.1, -0.05) is 6.07 Å². The molecule has 0 aliphatic heterocycles. The topological polar surface area (TPSA) is 107 Å². The van der Waals surface area contributed by atoms with Crippen molar-refractivity contribution >= 4 is 21.7 Å². The monoisotopic (exact) mass is 399 g/mol. The standard InChI is InChI=1S/C19H17N3O5S/c1-13-3-4-14(19(23)26-2)11-17(13)28(24,25)22-15-5-7-16(8-6-15)27-18-12-20-9-10-21-18/h3-12,22H,1-2H3. The van der Waals surface area contributed by atoms with E-state index in [-0.39, 0.29) is 10.5 Å². The number of carbonyl (C=O) groups is 1. The van der Waals surface area contributed by atoms with Gasteiger partial charge in [0.05, 0.1) is 23.8 Å². The molecule has 0 aliphatic rings. The third-order valence-corrected chi connectivity index (χ3v) is 5.29. The molecule has 0 atom stereocenters. The first-order chi connectivity index (χ1) is 13.4. The maximum absolute atomic E-state index is 12.7. The van der Waals surface area contributed by atoms with E-state index >= 15 is 0 Å². The Morgan fingerprint density at radius 3 is 2.46 bits per heavy atom. The minimum absolute atomic E-state index is 0.00436. The van der Waals surface area contributed by atoms with Crippen LogP contribution in [0.1, 0.15) is 15.9 Å². The van der Waals surface area contributed by atoms with Gasteiger partial charge in [-0.15, -0.1) is 0 Å². The van der Waals surface area contributed by atoms with Gasteiger partial charge in [0.1, 0.15) is 5.75 Å². The van der Waals surface area contributed by atoms with Gasteiger partial charge >= 0.3 is 5.97 Å². The Kier molecular flexibility index (Phi) is 5.55. The Balaban J connectivity index is 1.80. The molecule has 1 aromatic heterocycles. The zero-order valence-electron chi connectivity index (χ0n) is 15.1. The van der Waals surface area contributed by atoms with Gasteiger partial charge in [0, 0.05) is 18.1 Å². The first-order valence-corrected chi connectivity index (χ1v) is 9.63. The van der Waals surface area contributed by atoms with Gasteiger partial charge in [-0.3, -0.25) is 9.71 Å². The molecule has 3 rings (SSSR count). The molecule has 9 heteroatoms. The third-order valence-electron chi connectivity index (χ3n) is 3.77. The number of sulfonamides is 1. The second-order valence-electron chi connectivity index (χ2n) is 5.75. The summed E-state index contributed by atoms with van der Waals surface area (Å²) in [7, 11) is -2.67. The van der Waals surface area contributed by atoms with E-state index in [1.807, 2.05) is 0 Å². The van der Waals surface area contributed by atoms with Crippen LogP contribution in [0.4, 0.5) is 5.69 Å². The predicted molar refractivity (Wildman–Crippen MR) is 102 cm³/mol. The van der Waals surface area contributed by atoms with Gasteiger partial charge in [-0.2, -0.15) is 0 Å². The number of carbonyl (C=O) groups excluding carboxylic acids is 1. The van der Waals surface area contributed by atoms with Crippen LogP contribution in [-0.4, -0.2) is 31.5 Å². The quantitative estimate of drug-likeness (QED) is 0.634. The Labute approximate surface area is 162 Å². The highest BCUT2D eigenvalue weighted by Gasteiger charge is 2.19. The van der Waals surface area contributed by atoms with Crippen LogP contribution in [0, 0.1) is 6.92 Å². The average Bonchev–Trinajstić information content (AvgIpc) is 2.69. The molecule has 0 unspecified atom stereocenters. The Bertz CT molecular complexity index is 1080. The van der Waals surface area contributed by atoms with Crippen molar-refractivity contribution in [1.29, 1.82) is 0 Å². The average molecular weight is 399 g/mol. The second-order valence-corrected chi connectivity index (χ2v) is 7.40. The number of aryl methyl sites for hydroxylation is 1. The summed E-state index contributed by atoms with van der Waals surface area (Å²) in [6, 6.07) is 10.7. The molecular weight excluding hydrogens is 382 g/mol. The fraction of sp³-hybridized carbons (Fsp3) is 0.105. The molecule has 1 heterocycles. The van der Waals surface area contributed by atoms with E-state index in [9.17, 15) is 13.2 Å². The second kappa shape index (κ2) is 8.05. The summed E-state index contributed by atoms with van der Waals surface area (Å²) < 4.78 is 38.2. The van der Waals surface area contributed by atoms with E-state index in [0.717, 1.165) is 0 Å². The lowest BCUT2D eigenvalue weighted by Crippen LogP contribution is -2.15. The van der Waals surface area contributed by atoms with E-state index in [1.54, 1.807) is 37.3 Å².